The number of carbonyl (C=O) groups is 4. The van der Waals surface area contributed by atoms with E-state index in [0.29, 0.717) is 0 Å². The highest BCUT2D eigenvalue weighted by molar-refractivity contribution is 5.91. The number of rotatable bonds is 15. The molecule has 0 bridgehead atoms. The third-order valence-corrected chi connectivity index (χ3v) is 3.08. The van der Waals surface area contributed by atoms with Gasteiger partial charge in [0.1, 0.15) is 50.8 Å². The molecule has 0 heterocycles. The van der Waals surface area contributed by atoms with Crippen LogP contribution in [0.25, 0.3) is 0 Å². The molecule has 0 fully saturated rings. The molecule has 0 amide bonds. The van der Waals surface area contributed by atoms with Crippen LogP contribution in [0, 0.1) is 0 Å². The molecule has 0 radical (unpaired) electrons. The molecule has 18 heteroatoms. The summed E-state index contributed by atoms with van der Waals surface area (Å²) in [6, 6.07) is 0. The van der Waals surface area contributed by atoms with Gasteiger partial charge in [-0.05, 0) is 0 Å². The minimum absolute atomic E-state index is 0.303. The Balaban J connectivity index is -0.000000481. The Labute approximate surface area is 210 Å². The molecule has 218 valence electrons. The van der Waals surface area contributed by atoms with Crippen LogP contribution in [0.5, 0.6) is 0 Å². The molecule has 0 aliphatic rings. The van der Waals surface area contributed by atoms with Crippen molar-refractivity contribution in [3.63, 3.8) is 0 Å². The largest absolute Gasteiger partial charge is 0.508 e. The van der Waals surface area contributed by atoms with Crippen LogP contribution in [0.1, 0.15) is 6.42 Å². The quantitative estimate of drug-likeness (QED) is 0.0682. The van der Waals surface area contributed by atoms with Crippen molar-refractivity contribution >= 4 is 24.2 Å². The zero-order valence-electron chi connectivity index (χ0n) is 19.6. The van der Waals surface area contributed by atoms with Crippen LogP contribution in [-0.2, 0) is 28.5 Å². The van der Waals surface area contributed by atoms with Gasteiger partial charge in [0, 0.05) is 5.57 Å². The van der Waals surface area contributed by atoms with Gasteiger partial charge < -0.3 is 70.0 Å². The van der Waals surface area contributed by atoms with E-state index < -0.39 is 81.5 Å². The lowest BCUT2D eigenvalue weighted by Crippen LogP contribution is -2.25. The monoisotopic (exact) mass is 550 g/mol. The minimum Gasteiger partial charge on any atom is -0.481 e. The van der Waals surface area contributed by atoms with E-state index in [-0.39, 0.29) is 32.0 Å². The molecule has 0 aromatic heterocycles. The van der Waals surface area contributed by atoms with E-state index in [1.165, 1.54) is 0 Å². The van der Waals surface area contributed by atoms with E-state index in [4.69, 9.17) is 51.1 Å². The molecule has 4 unspecified atom stereocenters. The lowest BCUT2D eigenvalue weighted by atomic mass is 10.2. The average Bonchev–Trinajstić information content (AvgIpc) is 2.87. The molecular formula is C19H34O18. The number of ether oxygens (including phenoxy) is 4. The zero-order valence-corrected chi connectivity index (χ0v) is 19.6. The summed E-state index contributed by atoms with van der Waals surface area (Å²) in [6.07, 6.45) is -7.25. The van der Waals surface area contributed by atoms with Crippen LogP contribution in [-0.4, -0.2) is 153 Å². The molecule has 4 atom stereocenters. The van der Waals surface area contributed by atoms with Crippen molar-refractivity contribution in [1.82, 2.24) is 0 Å². The molecule has 0 rings (SSSR count). The normalized spacial score (nSPS) is 13.1. The molecule has 0 aromatic rings. The van der Waals surface area contributed by atoms with Crippen molar-refractivity contribution < 1.29 is 89.2 Å². The van der Waals surface area contributed by atoms with E-state index in [2.05, 4.69) is 25.5 Å². The highest BCUT2D eigenvalue weighted by Crippen LogP contribution is 1.96. The van der Waals surface area contributed by atoms with Crippen LogP contribution in [0.4, 0.5) is 9.59 Å². The minimum atomic E-state index is -1.27. The molecule has 0 aromatic carbocycles. The van der Waals surface area contributed by atoms with Gasteiger partial charge in [-0.2, -0.15) is 0 Å². The number of aliphatic carboxylic acids is 2. The van der Waals surface area contributed by atoms with Crippen molar-refractivity contribution in [2.75, 3.05) is 52.9 Å². The first-order valence-electron chi connectivity index (χ1n) is 10.1. The molecule has 0 aliphatic carbocycles. The summed E-state index contributed by atoms with van der Waals surface area (Å²) >= 11 is 0. The van der Waals surface area contributed by atoms with Gasteiger partial charge in [0.05, 0.1) is 32.8 Å². The van der Waals surface area contributed by atoms with Crippen molar-refractivity contribution in [2.45, 2.75) is 30.8 Å². The van der Waals surface area contributed by atoms with Gasteiger partial charge in [-0.25, -0.2) is 14.4 Å². The second-order valence-corrected chi connectivity index (χ2v) is 6.57. The van der Waals surface area contributed by atoms with E-state index in [0.717, 1.165) is 0 Å². The van der Waals surface area contributed by atoms with E-state index in [9.17, 15) is 19.2 Å². The summed E-state index contributed by atoms with van der Waals surface area (Å²) in [4.78, 5) is 41.0. The molecule has 0 spiro atoms. The Bertz CT molecular complexity index is 585. The van der Waals surface area contributed by atoms with Gasteiger partial charge in [-0.3, -0.25) is 4.79 Å². The Kier molecular flexibility index (Phi) is 25.5. The summed E-state index contributed by atoms with van der Waals surface area (Å²) in [5, 5.41) is 84.5. The topological polar surface area (TPSA) is 308 Å². The van der Waals surface area contributed by atoms with Crippen molar-refractivity contribution in [3.8, 4) is 0 Å². The van der Waals surface area contributed by atoms with Gasteiger partial charge in [-0.1, -0.05) is 6.58 Å². The smallest absolute Gasteiger partial charge is 0.481 e. The fraction of sp³-hybridized carbons (Fsp3) is 0.684. The number of carbonyl (C=O) groups excluding carboxylic acids is 2. The van der Waals surface area contributed by atoms with Crippen LogP contribution in [0.3, 0.4) is 0 Å². The van der Waals surface area contributed by atoms with Crippen LogP contribution in [0.15, 0.2) is 12.2 Å². The first-order valence-corrected chi connectivity index (χ1v) is 10.1. The Morgan fingerprint density at radius 2 is 0.811 bits per heavy atom. The van der Waals surface area contributed by atoms with Crippen molar-refractivity contribution in [1.29, 1.82) is 0 Å². The third-order valence-electron chi connectivity index (χ3n) is 3.08. The molecule has 18 nitrogen and oxygen atoms in total. The number of carboxylic acid groups (broad SMARTS) is 2. The number of hydrogen-bond acceptors (Lipinski definition) is 16. The van der Waals surface area contributed by atoms with Gasteiger partial charge in [0.15, 0.2) is 0 Å². The molecule has 0 saturated carbocycles. The number of aliphatic hydroxyl groups excluding tert-OH is 8. The predicted octanol–water partition coefficient (Wildman–Crippen LogP) is -4.21. The standard InChI is InChI=1S/2C7H14O7.C5H6O4/c2*8-1-5(10)3-13-7(12)14-4-6(11)2-9;1-3(5(8)9)2-4(6)7/h2*5-6,8-11H,1-4H2;1-2H2,(H,6,7)(H,8,9). The molecule has 10 N–H and O–H groups in total. The van der Waals surface area contributed by atoms with Crippen LogP contribution >= 0.6 is 0 Å². The number of hydrogen-bond donors (Lipinski definition) is 10. The maximum absolute atomic E-state index is 10.7. The van der Waals surface area contributed by atoms with Crippen LogP contribution in [0.2, 0.25) is 0 Å². The summed E-state index contributed by atoms with van der Waals surface area (Å²) in [5.41, 5.74) is -0.303. The fourth-order valence-corrected chi connectivity index (χ4v) is 1.21. The number of carboxylic acids is 2. The summed E-state index contributed by atoms with van der Waals surface area (Å²) in [5.74, 6) is -2.44. The van der Waals surface area contributed by atoms with Gasteiger partial charge in [0.25, 0.3) is 0 Å². The van der Waals surface area contributed by atoms with Crippen molar-refractivity contribution in [2.24, 2.45) is 0 Å². The van der Waals surface area contributed by atoms with E-state index >= 15 is 0 Å². The highest BCUT2D eigenvalue weighted by Gasteiger charge is 2.12. The third kappa shape index (κ3) is 29.0. The number of aliphatic hydroxyl groups is 8. The van der Waals surface area contributed by atoms with E-state index in [1.807, 2.05) is 0 Å². The zero-order chi connectivity index (χ0) is 29.4. The van der Waals surface area contributed by atoms with Gasteiger partial charge in [0.2, 0.25) is 0 Å². The average molecular weight is 550 g/mol. The molecule has 0 aliphatic heterocycles. The summed E-state index contributed by atoms with van der Waals surface area (Å²) in [7, 11) is 0. The van der Waals surface area contributed by atoms with Gasteiger partial charge in [-0.15, -0.1) is 0 Å². The lowest BCUT2D eigenvalue weighted by molar-refractivity contribution is -0.139. The van der Waals surface area contributed by atoms with Gasteiger partial charge >= 0.3 is 24.2 Å². The Hall–Kier alpha value is -3.10. The first kappa shape index (κ1) is 38.4. The molecule has 37 heavy (non-hydrogen) atoms. The molecule has 0 saturated heterocycles. The predicted molar refractivity (Wildman–Crippen MR) is 116 cm³/mol. The van der Waals surface area contributed by atoms with Crippen LogP contribution < -0.4 is 0 Å². The SMILES string of the molecule is C=C(CC(=O)O)C(=O)O.O=C(OCC(O)CO)OCC(O)CO.O=C(OCC(O)CO)OCC(O)CO. The molecular weight excluding hydrogens is 516 g/mol. The maximum Gasteiger partial charge on any atom is 0.508 e. The summed E-state index contributed by atoms with van der Waals surface area (Å²) < 4.78 is 17.3. The second-order valence-electron chi connectivity index (χ2n) is 6.57. The van der Waals surface area contributed by atoms with E-state index in [1.54, 1.807) is 0 Å². The maximum atomic E-state index is 10.7. The highest BCUT2D eigenvalue weighted by atomic mass is 16.7. The first-order chi connectivity index (χ1) is 17.2. The Morgan fingerprint density at radius 1 is 0.568 bits per heavy atom. The summed E-state index contributed by atoms with van der Waals surface area (Å²) in [6.45, 7) is -0.609. The second kappa shape index (κ2) is 24.6. The fourth-order valence-electron chi connectivity index (χ4n) is 1.21. The van der Waals surface area contributed by atoms with Crippen molar-refractivity contribution in [3.05, 3.63) is 12.2 Å². The lowest BCUT2D eigenvalue weighted by Gasteiger charge is -2.10. The Morgan fingerprint density at radius 3 is 0.946 bits per heavy atom.